The van der Waals surface area contributed by atoms with E-state index in [1.165, 1.54) is 11.1 Å². The molecule has 1 aliphatic rings. The Balaban J connectivity index is 2.01. The molecule has 1 aromatic carbocycles. The summed E-state index contributed by atoms with van der Waals surface area (Å²) in [7, 11) is 0. The summed E-state index contributed by atoms with van der Waals surface area (Å²) in [5, 5.41) is 8.99. The summed E-state index contributed by atoms with van der Waals surface area (Å²) >= 11 is 5.40. The molecule has 0 saturated carbocycles. The molecule has 1 aliphatic heterocycles. The molecule has 0 aromatic heterocycles. The van der Waals surface area contributed by atoms with Gasteiger partial charge in [-0.15, -0.1) is 0 Å². The van der Waals surface area contributed by atoms with E-state index in [9.17, 15) is 0 Å². The van der Waals surface area contributed by atoms with Crippen LogP contribution in [0.15, 0.2) is 16.6 Å². The van der Waals surface area contributed by atoms with Gasteiger partial charge in [0.25, 0.3) is 0 Å². The second-order valence-corrected chi connectivity index (χ2v) is 6.40. The van der Waals surface area contributed by atoms with Gasteiger partial charge in [0.15, 0.2) is 0 Å². The molecular formula is C13H17BrO2S. The maximum absolute atomic E-state index is 8.99. The summed E-state index contributed by atoms with van der Waals surface area (Å²) in [6, 6.07) is 4.29. The van der Waals surface area contributed by atoms with Crippen molar-refractivity contribution in [3.8, 4) is 5.75 Å². The Morgan fingerprint density at radius 2 is 2.35 bits per heavy atom. The van der Waals surface area contributed by atoms with E-state index in [0.29, 0.717) is 5.92 Å². The molecule has 1 heterocycles. The summed E-state index contributed by atoms with van der Waals surface area (Å²) in [5.41, 5.74) is 2.58. The van der Waals surface area contributed by atoms with E-state index in [0.717, 1.165) is 34.8 Å². The van der Waals surface area contributed by atoms with Gasteiger partial charge in [-0.25, -0.2) is 0 Å². The zero-order valence-electron chi connectivity index (χ0n) is 9.91. The highest BCUT2D eigenvalue weighted by Crippen LogP contribution is 2.35. The summed E-state index contributed by atoms with van der Waals surface area (Å²) in [4.78, 5) is 0. The Hall–Kier alpha value is -0.190. The zero-order chi connectivity index (χ0) is 12.3. The van der Waals surface area contributed by atoms with Gasteiger partial charge in [0, 0.05) is 28.8 Å². The first-order valence-electron chi connectivity index (χ1n) is 5.83. The normalized spacial score (nSPS) is 15.5. The van der Waals surface area contributed by atoms with E-state index in [-0.39, 0.29) is 6.61 Å². The van der Waals surface area contributed by atoms with Crippen molar-refractivity contribution in [2.45, 2.75) is 19.1 Å². The number of hydrogen-bond acceptors (Lipinski definition) is 3. The van der Waals surface area contributed by atoms with Crippen molar-refractivity contribution in [2.75, 3.05) is 19.0 Å². The molecule has 2 rings (SSSR count). The molecular weight excluding hydrogens is 300 g/mol. The van der Waals surface area contributed by atoms with Gasteiger partial charge in [-0.2, -0.15) is 11.8 Å². The fourth-order valence-corrected chi connectivity index (χ4v) is 3.49. The second kappa shape index (κ2) is 6.12. The van der Waals surface area contributed by atoms with E-state index >= 15 is 0 Å². The number of aliphatic hydroxyl groups excluding tert-OH is 1. The molecule has 0 spiro atoms. The average molecular weight is 317 g/mol. The van der Waals surface area contributed by atoms with Crippen LogP contribution >= 0.6 is 27.7 Å². The highest BCUT2D eigenvalue weighted by molar-refractivity contribution is 9.10. The molecule has 94 valence electrons. The van der Waals surface area contributed by atoms with Crippen LogP contribution in [-0.4, -0.2) is 24.1 Å². The van der Waals surface area contributed by atoms with Crippen LogP contribution in [0.4, 0.5) is 0 Å². The maximum atomic E-state index is 8.99. The van der Waals surface area contributed by atoms with Gasteiger partial charge < -0.3 is 9.84 Å². The fourth-order valence-electron chi connectivity index (χ4n) is 1.88. The zero-order valence-corrected chi connectivity index (χ0v) is 12.3. The number of fused-ring (bicyclic) bond motifs is 1. The fraction of sp³-hybridized carbons (Fsp3) is 0.538. The predicted octanol–water partition coefficient (Wildman–Crippen LogP) is 3.25. The largest absolute Gasteiger partial charge is 0.493 e. The van der Waals surface area contributed by atoms with Crippen LogP contribution in [0, 0.1) is 5.92 Å². The minimum atomic E-state index is 0.264. The number of halogens is 1. The van der Waals surface area contributed by atoms with Crippen LogP contribution < -0.4 is 4.74 Å². The standard InChI is InChI=1S/C13H17BrO2S/c1-9(6-15)7-17-8-11-5-12(14)4-10-2-3-16-13(10)11/h4-5,9,15H,2-3,6-8H2,1H3. The molecule has 0 bridgehead atoms. The number of rotatable bonds is 5. The van der Waals surface area contributed by atoms with Gasteiger partial charge in [0.1, 0.15) is 5.75 Å². The van der Waals surface area contributed by atoms with Crippen molar-refractivity contribution in [3.63, 3.8) is 0 Å². The lowest BCUT2D eigenvalue weighted by Crippen LogP contribution is -2.03. The van der Waals surface area contributed by atoms with Gasteiger partial charge in [-0.3, -0.25) is 0 Å². The molecule has 1 N–H and O–H groups in total. The number of ether oxygens (including phenoxy) is 1. The summed E-state index contributed by atoms with van der Waals surface area (Å²) in [6.07, 6.45) is 1.01. The van der Waals surface area contributed by atoms with E-state index in [2.05, 4.69) is 35.0 Å². The van der Waals surface area contributed by atoms with Crippen LogP contribution in [0.5, 0.6) is 5.75 Å². The predicted molar refractivity (Wildman–Crippen MR) is 75.8 cm³/mol. The third-order valence-corrected chi connectivity index (χ3v) is 4.57. The molecule has 0 radical (unpaired) electrons. The van der Waals surface area contributed by atoms with Gasteiger partial charge in [0.05, 0.1) is 6.61 Å². The van der Waals surface area contributed by atoms with Crippen LogP contribution in [-0.2, 0) is 12.2 Å². The summed E-state index contributed by atoms with van der Waals surface area (Å²) in [6.45, 7) is 3.13. The minimum Gasteiger partial charge on any atom is -0.493 e. The molecule has 0 fully saturated rings. The lowest BCUT2D eigenvalue weighted by molar-refractivity contribution is 0.250. The Labute approximate surface area is 115 Å². The Kier molecular flexibility index (Phi) is 4.77. The monoisotopic (exact) mass is 316 g/mol. The van der Waals surface area contributed by atoms with E-state index in [1.54, 1.807) is 0 Å². The van der Waals surface area contributed by atoms with Gasteiger partial charge >= 0.3 is 0 Å². The van der Waals surface area contributed by atoms with E-state index in [1.807, 2.05) is 11.8 Å². The molecule has 17 heavy (non-hydrogen) atoms. The Morgan fingerprint density at radius 1 is 1.53 bits per heavy atom. The topological polar surface area (TPSA) is 29.5 Å². The first-order chi connectivity index (χ1) is 8.20. The first-order valence-corrected chi connectivity index (χ1v) is 7.78. The maximum Gasteiger partial charge on any atom is 0.126 e. The Morgan fingerprint density at radius 3 is 3.12 bits per heavy atom. The highest BCUT2D eigenvalue weighted by Gasteiger charge is 2.17. The number of hydrogen-bond donors (Lipinski definition) is 1. The number of aliphatic hydroxyl groups is 1. The molecule has 2 nitrogen and oxygen atoms in total. The third-order valence-electron chi connectivity index (χ3n) is 2.80. The van der Waals surface area contributed by atoms with Crippen molar-refractivity contribution in [1.29, 1.82) is 0 Å². The molecule has 0 aliphatic carbocycles. The lowest BCUT2D eigenvalue weighted by atomic mass is 10.1. The van der Waals surface area contributed by atoms with Crippen molar-refractivity contribution in [3.05, 3.63) is 27.7 Å². The smallest absolute Gasteiger partial charge is 0.126 e. The van der Waals surface area contributed by atoms with Crippen molar-refractivity contribution < 1.29 is 9.84 Å². The van der Waals surface area contributed by atoms with Crippen LogP contribution in [0.1, 0.15) is 18.1 Å². The van der Waals surface area contributed by atoms with Gasteiger partial charge in [-0.05, 0) is 29.4 Å². The third kappa shape index (κ3) is 3.39. The number of thioether (sulfide) groups is 1. The van der Waals surface area contributed by atoms with Gasteiger partial charge in [-0.1, -0.05) is 22.9 Å². The van der Waals surface area contributed by atoms with E-state index < -0.39 is 0 Å². The molecule has 1 aromatic rings. The van der Waals surface area contributed by atoms with Crippen molar-refractivity contribution in [1.82, 2.24) is 0 Å². The molecule has 1 unspecified atom stereocenters. The van der Waals surface area contributed by atoms with E-state index in [4.69, 9.17) is 9.84 Å². The average Bonchev–Trinajstić information content (AvgIpc) is 2.76. The second-order valence-electron chi connectivity index (χ2n) is 4.45. The summed E-state index contributed by atoms with van der Waals surface area (Å²) < 4.78 is 6.82. The van der Waals surface area contributed by atoms with Crippen molar-refractivity contribution in [2.24, 2.45) is 5.92 Å². The van der Waals surface area contributed by atoms with Crippen molar-refractivity contribution >= 4 is 27.7 Å². The van der Waals surface area contributed by atoms with Crippen LogP contribution in [0.2, 0.25) is 0 Å². The molecule has 0 amide bonds. The Bertz CT molecular complexity index is 395. The van der Waals surface area contributed by atoms with Gasteiger partial charge in [0.2, 0.25) is 0 Å². The summed E-state index contributed by atoms with van der Waals surface area (Å²) in [5.74, 6) is 3.38. The lowest BCUT2D eigenvalue weighted by Gasteiger charge is -2.10. The quantitative estimate of drug-likeness (QED) is 0.904. The molecule has 4 heteroatoms. The molecule has 0 saturated heterocycles. The highest BCUT2D eigenvalue weighted by atomic mass is 79.9. The minimum absolute atomic E-state index is 0.264. The molecule has 1 atom stereocenters. The number of benzene rings is 1. The van der Waals surface area contributed by atoms with Crippen LogP contribution in [0.3, 0.4) is 0 Å². The first kappa shape index (κ1) is 13.2. The van der Waals surface area contributed by atoms with Crippen LogP contribution in [0.25, 0.3) is 0 Å². The SMILES string of the molecule is CC(CO)CSCc1cc(Br)cc2c1OCC2.